The number of rotatable bonds is 3. The van der Waals surface area contributed by atoms with Crippen LogP contribution in [0, 0.1) is 0 Å². The SMILES string of the molecule is CC(C)Oc1cncc(C2CCCC(Br)C2)c1. The standard InChI is InChI=1S/C14H20BrNO/c1-10(2)17-14-7-12(8-16-9-14)11-4-3-5-13(15)6-11/h7-11,13H,3-6H2,1-2H3. The average molecular weight is 298 g/mol. The lowest BCUT2D eigenvalue weighted by molar-refractivity contribution is 0.241. The van der Waals surface area contributed by atoms with Gasteiger partial charge in [0.2, 0.25) is 0 Å². The molecule has 1 aliphatic rings. The lowest BCUT2D eigenvalue weighted by Crippen LogP contribution is -2.14. The van der Waals surface area contributed by atoms with E-state index in [-0.39, 0.29) is 6.10 Å². The second-order valence-corrected chi connectivity index (χ2v) is 6.38. The van der Waals surface area contributed by atoms with Crippen LogP contribution in [0.5, 0.6) is 5.75 Å². The molecule has 0 radical (unpaired) electrons. The molecule has 17 heavy (non-hydrogen) atoms. The van der Waals surface area contributed by atoms with Gasteiger partial charge in [-0.3, -0.25) is 4.98 Å². The number of ether oxygens (including phenoxy) is 1. The normalized spacial score (nSPS) is 24.9. The van der Waals surface area contributed by atoms with Gasteiger partial charge in [-0.1, -0.05) is 22.4 Å². The predicted octanol–water partition coefficient (Wildman–Crippen LogP) is 4.29. The number of halogens is 1. The first-order chi connectivity index (χ1) is 8.15. The summed E-state index contributed by atoms with van der Waals surface area (Å²) in [5.74, 6) is 1.53. The second-order valence-electron chi connectivity index (χ2n) is 5.08. The van der Waals surface area contributed by atoms with E-state index in [0.29, 0.717) is 10.7 Å². The maximum Gasteiger partial charge on any atom is 0.138 e. The molecule has 2 nitrogen and oxygen atoms in total. The predicted molar refractivity (Wildman–Crippen MR) is 73.9 cm³/mol. The number of hydrogen-bond acceptors (Lipinski definition) is 2. The molecule has 1 aliphatic carbocycles. The summed E-state index contributed by atoms with van der Waals surface area (Å²) in [4.78, 5) is 4.96. The van der Waals surface area contributed by atoms with Crippen LogP contribution < -0.4 is 4.74 Å². The molecule has 1 fully saturated rings. The summed E-state index contributed by atoms with van der Waals surface area (Å²) in [7, 11) is 0. The van der Waals surface area contributed by atoms with Crippen molar-refractivity contribution in [3.05, 3.63) is 24.0 Å². The van der Waals surface area contributed by atoms with Crippen molar-refractivity contribution in [2.75, 3.05) is 0 Å². The smallest absolute Gasteiger partial charge is 0.138 e. The third-order valence-corrected chi connectivity index (χ3v) is 4.02. The van der Waals surface area contributed by atoms with Crippen molar-refractivity contribution in [1.29, 1.82) is 0 Å². The molecular formula is C14H20BrNO. The first kappa shape index (κ1) is 12.9. The molecule has 2 atom stereocenters. The molecule has 1 saturated carbocycles. The van der Waals surface area contributed by atoms with E-state index in [1.165, 1.54) is 31.2 Å². The molecule has 0 aromatic carbocycles. The summed E-state index contributed by atoms with van der Waals surface area (Å²) < 4.78 is 5.70. The second kappa shape index (κ2) is 5.85. The van der Waals surface area contributed by atoms with Crippen LogP contribution in [0.15, 0.2) is 18.5 Å². The average Bonchev–Trinajstić information content (AvgIpc) is 2.28. The zero-order valence-corrected chi connectivity index (χ0v) is 12.1. The minimum Gasteiger partial charge on any atom is -0.489 e. The van der Waals surface area contributed by atoms with Gasteiger partial charge in [-0.05, 0) is 50.7 Å². The quantitative estimate of drug-likeness (QED) is 0.777. The van der Waals surface area contributed by atoms with E-state index in [0.717, 1.165) is 5.75 Å². The van der Waals surface area contributed by atoms with Crippen LogP contribution >= 0.6 is 15.9 Å². The summed E-state index contributed by atoms with van der Waals surface area (Å²) in [6.45, 7) is 4.09. The Hall–Kier alpha value is -0.570. The molecule has 3 heteroatoms. The van der Waals surface area contributed by atoms with Gasteiger partial charge in [0.15, 0.2) is 0 Å². The Kier molecular flexibility index (Phi) is 4.43. The molecular weight excluding hydrogens is 278 g/mol. The highest BCUT2D eigenvalue weighted by atomic mass is 79.9. The van der Waals surface area contributed by atoms with Gasteiger partial charge in [-0.2, -0.15) is 0 Å². The van der Waals surface area contributed by atoms with Crippen LogP contribution in [0.3, 0.4) is 0 Å². The summed E-state index contributed by atoms with van der Waals surface area (Å²) in [6.07, 6.45) is 9.09. The summed E-state index contributed by atoms with van der Waals surface area (Å²) in [6, 6.07) is 2.16. The van der Waals surface area contributed by atoms with Crippen molar-refractivity contribution in [1.82, 2.24) is 4.98 Å². The van der Waals surface area contributed by atoms with Crippen molar-refractivity contribution in [2.24, 2.45) is 0 Å². The van der Waals surface area contributed by atoms with Crippen LogP contribution in [-0.2, 0) is 0 Å². The van der Waals surface area contributed by atoms with E-state index in [1.807, 2.05) is 20.0 Å². The van der Waals surface area contributed by atoms with Crippen molar-refractivity contribution < 1.29 is 4.74 Å². The van der Waals surface area contributed by atoms with Gasteiger partial charge in [-0.25, -0.2) is 0 Å². The van der Waals surface area contributed by atoms with Gasteiger partial charge in [0.05, 0.1) is 12.3 Å². The number of aromatic nitrogens is 1. The van der Waals surface area contributed by atoms with Gasteiger partial charge in [0.1, 0.15) is 5.75 Å². The largest absolute Gasteiger partial charge is 0.489 e. The lowest BCUT2D eigenvalue weighted by Gasteiger charge is -2.26. The zero-order valence-electron chi connectivity index (χ0n) is 10.5. The Morgan fingerprint density at radius 1 is 1.35 bits per heavy atom. The number of alkyl halides is 1. The Balaban J connectivity index is 2.09. The Morgan fingerprint density at radius 3 is 2.88 bits per heavy atom. The van der Waals surface area contributed by atoms with E-state index in [4.69, 9.17) is 4.74 Å². The molecule has 1 heterocycles. The van der Waals surface area contributed by atoms with Crippen LogP contribution in [0.2, 0.25) is 0 Å². The minimum absolute atomic E-state index is 0.210. The molecule has 1 aromatic heterocycles. The zero-order chi connectivity index (χ0) is 12.3. The highest BCUT2D eigenvalue weighted by Crippen LogP contribution is 2.36. The van der Waals surface area contributed by atoms with Gasteiger partial charge >= 0.3 is 0 Å². The van der Waals surface area contributed by atoms with Crippen molar-refractivity contribution in [3.8, 4) is 5.75 Å². The van der Waals surface area contributed by atoms with Gasteiger partial charge in [0.25, 0.3) is 0 Å². The first-order valence-electron chi connectivity index (χ1n) is 6.41. The van der Waals surface area contributed by atoms with E-state index < -0.39 is 0 Å². The fourth-order valence-electron chi connectivity index (χ4n) is 2.43. The van der Waals surface area contributed by atoms with Gasteiger partial charge < -0.3 is 4.74 Å². The van der Waals surface area contributed by atoms with Crippen LogP contribution in [0.4, 0.5) is 0 Å². The highest BCUT2D eigenvalue weighted by Gasteiger charge is 2.21. The van der Waals surface area contributed by atoms with Crippen LogP contribution in [0.1, 0.15) is 51.0 Å². The fraction of sp³-hybridized carbons (Fsp3) is 0.643. The van der Waals surface area contributed by atoms with Crippen molar-refractivity contribution >= 4 is 15.9 Å². The lowest BCUT2D eigenvalue weighted by atomic mass is 9.85. The number of hydrogen-bond donors (Lipinski definition) is 0. The molecule has 2 rings (SSSR count). The molecule has 2 unspecified atom stereocenters. The fourth-order valence-corrected chi connectivity index (χ4v) is 3.20. The molecule has 0 bridgehead atoms. The van der Waals surface area contributed by atoms with Gasteiger partial charge in [-0.15, -0.1) is 0 Å². The van der Waals surface area contributed by atoms with Crippen molar-refractivity contribution in [3.63, 3.8) is 0 Å². The maximum absolute atomic E-state index is 5.70. The monoisotopic (exact) mass is 297 g/mol. The number of nitrogens with zero attached hydrogens (tertiary/aromatic N) is 1. The van der Waals surface area contributed by atoms with E-state index in [1.54, 1.807) is 6.20 Å². The van der Waals surface area contributed by atoms with Crippen LogP contribution in [0.25, 0.3) is 0 Å². The maximum atomic E-state index is 5.70. The third-order valence-electron chi connectivity index (χ3n) is 3.19. The summed E-state index contributed by atoms with van der Waals surface area (Å²) >= 11 is 3.73. The topological polar surface area (TPSA) is 22.1 Å². The van der Waals surface area contributed by atoms with Crippen molar-refractivity contribution in [2.45, 2.75) is 56.4 Å². The number of pyridine rings is 1. The van der Waals surface area contributed by atoms with E-state index in [2.05, 4.69) is 27.0 Å². The van der Waals surface area contributed by atoms with Gasteiger partial charge in [0, 0.05) is 11.0 Å². The molecule has 0 N–H and O–H groups in total. The molecule has 0 aliphatic heterocycles. The highest BCUT2D eigenvalue weighted by molar-refractivity contribution is 9.09. The van der Waals surface area contributed by atoms with E-state index >= 15 is 0 Å². The molecule has 94 valence electrons. The summed E-state index contributed by atoms with van der Waals surface area (Å²) in [5.41, 5.74) is 1.33. The Bertz CT molecular complexity index is 367. The summed E-state index contributed by atoms with van der Waals surface area (Å²) in [5, 5.41) is 0. The Morgan fingerprint density at radius 2 is 2.18 bits per heavy atom. The van der Waals surface area contributed by atoms with Crippen LogP contribution in [-0.4, -0.2) is 15.9 Å². The molecule has 0 spiro atoms. The minimum atomic E-state index is 0.210. The molecule has 0 saturated heterocycles. The third kappa shape index (κ3) is 3.70. The molecule has 0 amide bonds. The molecule has 1 aromatic rings. The Labute approximate surface area is 112 Å². The van der Waals surface area contributed by atoms with E-state index in [9.17, 15) is 0 Å². The first-order valence-corrected chi connectivity index (χ1v) is 7.32.